The molecule has 0 amide bonds. The van der Waals surface area contributed by atoms with Crippen molar-refractivity contribution in [1.29, 1.82) is 0 Å². The average Bonchev–Trinajstić information content (AvgIpc) is 2.39. The number of aromatic nitrogens is 2. The number of nitrogens with zero attached hydrogens (tertiary/aromatic N) is 2. The number of methoxy groups -OCH3 is 1. The lowest BCUT2D eigenvalue weighted by Crippen LogP contribution is -1.96. The third-order valence-electron chi connectivity index (χ3n) is 2.74. The summed E-state index contributed by atoms with van der Waals surface area (Å²) in [6.07, 6.45) is 3.54. The van der Waals surface area contributed by atoms with Gasteiger partial charge in [-0.1, -0.05) is 24.3 Å². The summed E-state index contributed by atoms with van der Waals surface area (Å²) in [6, 6.07) is 8.14. The molecule has 1 aromatic carbocycles. The standard InChI is InChI=1S/C13H15N3O/c1-9(17-2)10-3-5-11(6-4-10)12-7-15-13(14)16-8-12/h3-9H,1-2H3,(H2,14,15,16). The summed E-state index contributed by atoms with van der Waals surface area (Å²) < 4.78 is 5.26. The third-order valence-corrected chi connectivity index (χ3v) is 2.74. The number of hydrogen-bond acceptors (Lipinski definition) is 4. The van der Waals surface area contributed by atoms with Gasteiger partial charge in [0, 0.05) is 25.1 Å². The lowest BCUT2D eigenvalue weighted by atomic mass is 10.0. The molecule has 4 heteroatoms. The Kier molecular flexibility index (Phi) is 3.35. The zero-order valence-electron chi connectivity index (χ0n) is 9.92. The molecule has 4 nitrogen and oxygen atoms in total. The third kappa shape index (κ3) is 2.60. The van der Waals surface area contributed by atoms with Crippen LogP contribution in [-0.4, -0.2) is 17.1 Å². The number of nitrogens with two attached hydrogens (primary N) is 1. The first-order chi connectivity index (χ1) is 8.20. The van der Waals surface area contributed by atoms with Crippen LogP contribution in [0.2, 0.25) is 0 Å². The Bertz CT molecular complexity index is 479. The second-order valence-electron chi connectivity index (χ2n) is 3.83. The molecule has 0 aliphatic rings. The van der Waals surface area contributed by atoms with Crippen molar-refractivity contribution in [2.45, 2.75) is 13.0 Å². The summed E-state index contributed by atoms with van der Waals surface area (Å²) in [6.45, 7) is 2.02. The zero-order chi connectivity index (χ0) is 12.3. The van der Waals surface area contributed by atoms with Gasteiger partial charge in [0.1, 0.15) is 0 Å². The van der Waals surface area contributed by atoms with Crippen LogP contribution in [0.25, 0.3) is 11.1 Å². The summed E-state index contributed by atoms with van der Waals surface area (Å²) in [4.78, 5) is 7.94. The van der Waals surface area contributed by atoms with Crippen molar-refractivity contribution in [3.8, 4) is 11.1 Å². The number of nitrogen functional groups attached to an aromatic ring is 1. The Morgan fingerprint density at radius 2 is 1.65 bits per heavy atom. The maximum absolute atomic E-state index is 5.45. The maximum Gasteiger partial charge on any atom is 0.219 e. The lowest BCUT2D eigenvalue weighted by Gasteiger charge is -2.10. The Labute approximate surface area is 100 Å². The summed E-state index contributed by atoms with van der Waals surface area (Å²) in [5.41, 5.74) is 8.61. The van der Waals surface area contributed by atoms with Crippen LogP contribution >= 0.6 is 0 Å². The fourth-order valence-corrected chi connectivity index (χ4v) is 1.57. The molecule has 88 valence electrons. The highest BCUT2D eigenvalue weighted by atomic mass is 16.5. The summed E-state index contributed by atoms with van der Waals surface area (Å²) in [5, 5.41) is 0. The molecule has 1 heterocycles. The minimum absolute atomic E-state index is 0.103. The van der Waals surface area contributed by atoms with Gasteiger partial charge in [0.05, 0.1) is 6.10 Å². The summed E-state index contributed by atoms with van der Waals surface area (Å²) in [5.74, 6) is 0.290. The fourth-order valence-electron chi connectivity index (χ4n) is 1.57. The van der Waals surface area contributed by atoms with Gasteiger partial charge in [-0.2, -0.15) is 0 Å². The lowest BCUT2D eigenvalue weighted by molar-refractivity contribution is 0.119. The number of benzene rings is 1. The molecular weight excluding hydrogens is 214 g/mol. The Morgan fingerprint density at radius 1 is 1.06 bits per heavy atom. The van der Waals surface area contributed by atoms with Gasteiger partial charge in [0.25, 0.3) is 0 Å². The molecular formula is C13H15N3O. The van der Waals surface area contributed by atoms with Crippen molar-refractivity contribution < 1.29 is 4.74 Å². The smallest absolute Gasteiger partial charge is 0.219 e. The van der Waals surface area contributed by atoms with Gasteiger partial charge >= 0.3 is 0 Å². The zero-order valence-corrected chi connectivity index (χ0v) is 9.92. The number of anilines is 1. The van der Waals surface area contributed by atoms with Crippen molar-refractivity contribution >= 4 is 5.95 Å². The van der Waals surface area contributed by atoms with E-state index in [4.69, 9.17) is 10.5 Å². The van der Waals surface area contributed by atoms with Crippen molar-refractivity contribution in [2.75, 3.05) is 12.8 Å². The number of hydrogen-bond donors (Lipinski definition) is 1. The van der Waals surface area contributed by atoms with E-state index in [2.05, 4.69) is 9.97 Å². The van der Waals surface area contributed by atoms with Crippen molar-refractivity contribution in [2.24, 2.45) is 0 Å². The maximum atomic E-state index is 5.45. The highest BCUT2D eigenvalue weighted by molar-refractivity contribution is 5.62. The molecule has 0 spiro atoms. The first-order valence-corrected chi connectivity index (χ1v) is 5.41. The van der Waals surface area contributed by atoms with Crippen LogP contribution in [0.1, 0.15) is 18.6 Å². The molecule has 1 aromatic heterocycles. The van der Waals surface area contributed by atoms with Crippen molar-refractivity contribution in [1.82, 2.24) is 9.97 Å². The van der Waals surface area contributed by atoms with Crippen LogP contribution in [0.15, 0.2) is 36.7 Å². The van der Waals surface area contributed by atoms with Crippen LogP contribution in [0.5, 0.6) is 0 Å². The molecule has 2 aromatic rings. The van der Waals surface area contributed by atoms with Crippen LogP contribution in [0.4, 0.5) is 5.95 Å². The van der Waals surface area contributed by atoms with Gasteiger partial charge in [0.15, 0.2) is 0 Å². The van der Waals surface area contributed by atoms with Gasteiger partial charge in [0.2, 0.25) is 5.95 Å². The molecule has 0 saturated carbocycles. The Morgan fingerprint density at radius 3 is 2.18 bits per heavy atom. The molecule has 1 unspecified atom stereocenters. The largest absolute Gasteiger partial charge is 0.377 e. The van der Waals surface area contributed by atoms with Crippen LogP contribution in [0.3, 0.4) is 0 Å². The van der Waals surface area contributed by atoms with Gasteiger partial charge in [-0.15, -0.1) is 0 Å². The van der Waals surface area contributed by atoms with E-state index in [-0.39, 0.29) is 6.10 Å². The van der Waals surface area contributed by atoms with E-state index in [9.17, 15) is 0 Å². The fraction of sp³-hybridized carbons (Fsp3) is 0.231. The van der Waals surface area contributed by atoms with Gasteiger partial charge < -0.3 is 10.5 Å². The van der Waals surface area contributed by atoms with Gasteiger partial charge in [-0.25, -0.2) is 9.97 Å². The van der Waals surface area contributed by atoms with E-state index in [1.165, 1.54) is 0 Å². The van der Waals surface area contributed by atoms with E-state index in [0.717, 1.165) is 16.7 Å². The Hall–Kier alpha value is -1.94. The normalized spacial score (nSPS) is 12.4. The van der Waals surface area contributed by atoms with E-state index in [1.54, 1.807) is 19.5 Å². The van der Waals surface area contributed by atoms with Crippen LogP contribution < -0.4 is 5.73 Å². The van der Waals surface area contributed by atoms with Crippen LogP contribution in [0, 0.1) is 0 Å². The SMILES string of the molecule is COC(C)c1ccc(-c2cnc(N)nc2)cc1. The van der Waals surface area contributed by atoms with E-state index in [1.807, 2.05) is 31.2 Å². The molecule has 0 saturated heterocycles. The topological polar surface area (TPSA) is 61.0 Å². The first-order valence-electron chi connectivity index (χ1n) is 5.41. The second kappa shape index (κ2) is 4.93. The predicted octanol–water partition coefficient (Wildman–Crippen LogP) is 2.43. The van der Waals surface area contributed by atoms with Crippen LogP contribution in [-0.2, 0) is 4.74 Å². The van der Waals surface area contributed by atoms with E-state index >= 15 is 0 Å². The highest BCUT2D eigenvalue weighted by Gasteiger charge is 2.04. The number of rotatable bonds is 3. The van der Waals surface area contributed by atoms with E-state index in [0.29, 0.717) is 5.95 Å². The molecule has 0 radical (unpaired) electrons. The van der Waals surface area contributed by atoms with Crippen molar-refractivity contribution in [3.05, 3.63) is 42.2 Å². The number of ether oxygens (including phenoxy) is 1. The molecule has 2 rings (SSSR count). The molecule has 2 N–H and O–H groups in total. The minimum Gasteiger partial charge on any atom is -0.377 e. The average molecular weight is 229 g/mol. The molecule has 17 heavy (non-hydrogen) atoms. The van der Waals surface area contributed by atoms with Gasteiger partial charge in [-0.3, -0.25) is 0 Å². The monoisotopic (exact) mass is 229 g/mol. The van der Waals surface area contributed by atoms with Crippen molar-refractivity contribution in [3.63, 3.8) is 0 Å². The molecule has 0 aliphatic carbocycles. The van der Waals surface area contributed by atoms with Gasteiger partial charge in [-0.05, 0) is 18.1 Å². The highest BCUT2D eigenvalue weighted by Crippen LogP contribution is 2.22. The first kappa shape index (κ1) is 11.5. The Balaban J connectivity index is 2.26. The molecule has 0 fully saturated rings. The second-order valence-corrected chi connectivity index (χ2v) is 3.83. The molecule has 0 aliphatic heterocycles. The summed E-state index contributed by atoms with van der Waals surface area (Å²) >= 11 is 0. The minimum atomic E-state index is 0.103. The quantitative estimate of drug-likeness (QED) is 0.878. The molecule has 1 atom stereocenters. The summed E-state index contributed by atoms with van der Waals surface area (Å²) in [7, 11) is 1.70. The predicted molar refractivity (Wildman–Crippen MR) is 67.3 cm³/mol. The molecule has 0 bridgehead atoms. The van der Waals surface area contributed by atoms with E-state index < -0.39 is 0 Å².